The van der Waals surface area contributed by atoms with Gasteiger partial charge in [-0.15, -0.1) is 24.0 Å². The van der Waals surface area contributed by atoms with Gasteiger partial charge in [-0.3, -0.25) is 9.79 Å². The van der Waals surface area contributed by atoms with Crippen molar-refractivity contribution in [3.05, 3.63) is 0 Å². The molecule has 6 heteroatoms. The predicted octanol–water partition coefficient (Wildman–Crippen LogP) is 3.18. The molecular weight excluding hydrogens is 405 g/mol. The Labute approximate surface area is 157 Å². The van der Waals surface area contributed by atoms with E-state index in [1.165, 1.54) is 38.5 Å². The third-order valence-corrected chi connectivity index (χ3v) is 4.67. The van der Waals surface area contributed by atoms with Crippen LogP contribution >= 0.6 is 24.0 Å². The number of carbonyl (C=O) groups excluding carboxylic acids is 1. The third kappa shape index (κ3) is 6.12. The third-order valence-electron chi connectivity index (χ3n) is 4.67. The zero-order valence-electron chi connectivity index (χ0n) is 15.0. The van der Waals surface area contributed by atoms with Gasteiger partial charge < -0.3 is 15.0 Å². The second-order valence-electron chi connectivity index (χ2n) is 7.72. The number of nitrogens with zero attached hydrogens (tertiary/aromatic N) is 2. The van der Waals surface area contributed by atoms with E-state index in [0.717, 1.165) is 19.0 Å². The first-order valence-corrected chi connectivity index (χ1v) is 8.51. The van der Waals surface area contributed by atoms with E-state index in [1.54, 1.807) is 7.05 Å². The van der Waals surface area contributed by atoms with Crippen LogP contribution in [0.1, 0.15) is 59.3 Å². The molecule has 1 aliphatic heterocycles. The van der Waals surface area contributed by atoms with Gasteiger partial charge >= 0.3 is 5.97 Å². The van der Waals surface area contributed by atoms with Crippen LogP contribution in [0.5, 0.6) is 0 Å². The molecule has 0 aromatic carbocycles. The molecule has 1 N–H and O–H groups in total. The number of ether oxygens (including phenoxy) is 1. The van der Waals surface area contributed by atoms with Crippen molar-refractivity contribution in [1.29, 1.82) is 0 Å². The van der Waals surface area contributed by atoms with Crippen LogP contribution in [0.2, 0.25) is 0 Å². The molecule has 134 valence electrons. The Morgan fingerprint density at radius 2 is 1.87 bits per heavy atom. The van der Waals surface area contributed by atoms with E-state index < -0.39 is 5.60 Å². The summed E-state index contributed by atoms with van der Waals surface area (Å²) in [7, 11) is 1.78. The summed E-state index contributed by atoms with van der Waals surface area (Å²) in [6.45, 7) is 7.93. The smallest absolute Gasteiger partial charge is 0.325 e. The molecule has 0 amide bonds. The van der Waals surface area contributed by atoms with Crippen molar-refractivity contribution >= 4 is 35.9 Å². The molecule has 1 aliphatic carbocycles. The van der Waals surface area contributed by atoms with Gasteiger partial charge in [-0.05, 0) is 45.4 Å². The van der Waals surface area contributed by atoms with Crippen molar-refractivity contribution < 1.29 is 9.53 Å². The summed E-state index contributed by atoms with van der Waals surface area (Å²) in [5.74, 6) is 0.591. The van der Waals surface area contributed by atoms with E-state index in [9.17, 15) is 4.79 Å². The van der Waals surface area contributed by atoms with E-state index in [0.29, 0.717) is 5.41 Å². The Morgan fingerprint density at radius 1 is 1.22 bits per heavy atom. The van der Waals surface area contributed by atoms with Crippen LogP contribution in [-0.2, 0) is 9.53 Å². The van der Waals surface area contributed by atoms with Gasteiger partial charge in [0, 0.05) is 20.1 Å². The van der Waals surface area contributed by atoms with E-state index in [1.807, 2.05) is 20.8 Å². The maximum atomic E-state index is 11.8. The van der Waals surface area contributed by atoms with E-state index in [2.05, 4.69) is 15.2 Å². The number of halogens is 1. The highest BCUT2D eigenvalue weighted by Crippen LogP contribution is 2.43. The SMILES string of the molecule is CN=C(NCC(=O)OC(C)(C)C)N1CCC2(CCCCC2)C1.I. The normalized spacial score (nSPS) is 21.0. The lowest BCUT2D eigenvalue weighted by molar-refractivity contribution is -0.153. The monoisotopic (exact) mass is 437 g/mol. The molecule has 1 saturated carbocycles. The summed E-state index contributed by atoms with van der Waals surface area (Å²) in [4.78, 5) is 18.5. The van der Waals surface area contributed by atoms with Crippen molar-refractivity contribution in [3.8, 4) is 0 Å². The topological polar surface area (TPSA) is 53.9 Å². The molecule has 1 saturated heterocycles. The highest BCUT2D eigenvalue weighted by molar-refractivity contribution is 14.0. The molecular formula is C17H32IN3O2. The predicted molar refractivity (Wildman–Crippen MR) is 104 cm³/mol. The molecule has 0 radical (unpaired) electrons. The van der Waals surface area contributed by atoms with Crippen LogP contribution in [0, 0.1) is 5.41 Å². The first-order valence-electron chi connectivity index (χ1n) is 8.51. The number of carbonyl (C=O) groups is 1. The first-order chi connectivity index (χ1) is 10.3. The second kappa shape index (κ2) is 8.53. The van der Waals surface area contributed by atoms with Gasteiger partial charge in [-0.2, -0.15) is 0 Å². The lowest BCUT2D eigenvalue weighted by Gasteiger charge is -2.33. The van der Waals surface area contributed by atoms with Crippen LogP contribution in [0.25, 0.3) is 0 Å². The lowest BCUT2D eigenvalue weighted by Crippen LogP contribution is -2.44. The molecule has 0 unspecified atom stereocenters. The van der Waals surface area contributed by atoms with Gasteiger partial charge in [0.05, 0.1) is 0 Å². The van der Waals surface area contributed by atoms with Gasteiger partial charge in [0.25, 0.3) is 0 Å². The molecule has 0 bridgehead atoms. The second-order valence-corrected chi connectivity index (χ2v) is 7.72. The number of hydrogen-bond acceptors (Lipinski definition) is 3. The molecule has 0 aromatic rings. The molecule has 2 rings (SSSR count). The minimum atomic E-state index is -0.442. The summed E-state index contributed by atoms with van der Waals surface area (Å²) < 4.78 is 5.33. The molecule has 2 fully saturated rings. The Balaban J connectivity index is 0.00000264. The number of likely N-dealkylation sites (tertiary alicyclic amines) is 1. The van der Waals surface area contributed by atoms with Gasteiger partial charge in [0.15, 0.2) is 5.96 Å². The standard InChI is InChI=1S/C17H31N3O2.HI/c1-16(2,3)22-14(21)12-19-15(18-4)20-11-10-17(13-20)8-6-5-7-9-17;/h5-13H2,1-4H3,(H,18,19);1H. The van der Waals surface area contributed by atoms with Gasteiger partial charge in [-0.25, -0.2) is 0 Å². The van der Waals surface area contributed by atoms with Crippen LogP contribution in [0.15, 0.2) is 4.99 Å². The number of nitrogens with one attached hydrogen (secondary N) is 1. The van der Waals surface area contributed by atoms with Crippen molar-refractivity contribution in [2.75, 3.05) is 26.7 Å². The van der Waals surface area contributed by atoms with Crippen molar-refractivity contribution in [2.45, 2.75) is 64.9 Å². The Hall–Kier alpha value is -0.530. The highest BCUT2D eigenvalue weighted by Gasteiger charge is 2.39. The summed E-state index contributed by atoms with van der Waals surface area (Å²) >= 11 is 0. The summed E-state index contributed by atoms with van der Waals surface area (Å²) in [6, 6.07) is 0. The largest absolute Gasteiger partial charge is 0.459 e. The fourth-order valence-electron chi connectivity index (χ4n) is 3.69. The van der Waals surface area contributed by atoms with E-state index in [-0.39, 0.29) is 36.5 Å². The van der Waals surface area contributed by atoms with Gasteiger partial charge in [0.2, 0.25) is 0 Å². The molecule has 1 spiro atoms. The summed E-state index contributed by atoms with van der Waals surface area (Å²) in [6.07, 6.45) is 8.03. The van der Waals surface area contributed by atoms with E-state index >= 15 is 0 Å². The van der Waals surface area contributed by atoms with Crippen molar-refractivity contribution in [3.63, 3.8) is 0 Å². The first kappa shape index (κ1) is 20.5. The molecule has 2 aliphatic rings. The fourth-order valence-corrected chi connectivity index (χ4v) is 3.69. The number of hydrogen-bond donors (Lipinski definition) is 1. The fraction of sp³-hybridized carbons (Fsp3) is 0.882. The zero-order chi connectivity index (χ0) is 16.2. The highest BCUT2D eigenvalue weighted by atomic mass is 127. The maximum Gasteiger partial charge on any atom is 0.325 e. The quantitative estimate of drug-likeness (QED) is 0.312. The van der Waals surface area contributed by atoms with E-state index in [4.69, 9.17) is 4.74 Å². The van der Waals surface area contributed by atoms with Gasteiger partial charge in [-0.1, -0.05) is 19.3 Å². The number of esters is 1. The van der Waals surface area contributed by atoms with Crippen LogP contribution in [0.3, 0.4) is 0 Å². The van der Waals surface area contributed by atoms with Crippen LogP contribution in [-0.4, -0.2) is 49.1 Å². The Kier molecular flexibility index (Phi) is 7.61. The molecule has 0 atom stereocenters. The average molecular weight is 437 g/mol. The zero-order valence-corrected chi connectivity index (χ0v) is 17.3. The summed E-state index contributed by atoms with van der Waals surface area (Å²) in [5, 5.41) is 3.16. The number of rotatable bonds is 2. The van der Waals surface area contributed by atoms with Crippen LogP contribution in [0.4, 0.5) is 0 Å². The summed E-state index contributed by atoms with van der Waals surface area (Å²) in [5.41, 5.74) is 0.0455. The number of guanidine groups is 1. The van der Waals surface area contributed by atoms with Crippen molar-refractivity contribution in [2.24, 2.45) is 10.4 Å². The number of aliphatic imine (C=N–C) groups is 1. The lowest BCUT2D eigenvalue weighted by atomic mass is 9.73. The minimum Gasteiger partial charge on any atom is -0.459 e. The molecule has 1 heterocycles. The molecule has 0 aromatic heterocycles. The average Bonchev–Trinajstić information content (AvgIpc) is 2.82. The molecule has 23 heavy (non-hydrogen) atoms. The van der Waals surface area contributed by atoms with Gasteiger partial charge in [0.1, 0.15) is 12.1 Å². The Bertz CT molecular complexity index is 426. The van der Waals surface area contributed by atoms with Crippen LogP contribution < -0.4 is 5.32 Å². The maximum absolute atomic E-state index is 11.8. The van der Waals surface area contributed by atoms with Crippen molar-refractivity contribution in [1.82, 2.24) is 10.2 Å². The minimum absolute atomic E-state index is 0. The Morgan fingerprint density at radius 3 is 2.43 bits per heavy atom. The molecule has 5 nitrogen and oxygen atoms in total.